The van der Waals surface area contributed by atoms with E-state index in [-0.39, 0.29) is 17.6 Å². The molecule has 0 aliphatic carbocycles. The van der Waals surface area contributed by atoms with E-state index in [0.29, 0.717) is 24.7 Å². The van der Waals surface area contributed by atoms with Crippen molar-refractivity contribution in [3.05, 3.63) is 17.5 Å². The Balaban J connectivity index is 1.66. The van der Waals surface area contributed by atoms with E-state index in [1.165, 1.54) is 0 Å². The first-order chi connectivity index (χ1) is 11.9. The summed E-state index contributed by atoms with van der Waals surface area (Å²) in [6.45, 7) is 6.55. The highest BCUT2D eigenvalue weighted by Crippen LogP contribution is 2.37. The molecule has 1 atom stereocenters. The second-order valence-corrected chi connectivity index (χ2v) is 7.81. The number of hydrogen-bond donors (Lipinski definition) is 0. The number of ether oxygens (including phenoxy) is 2. The first-order valence-corrected chi connectivity index (χ1v) is 9.44. The fraction of sp³-hybridized carbons (Fsp3) is 0.789. The van der Waals surface area contributed by atoms with Gasteiger partial charge in [-0.15, -0.1) is 0 Å². The Bertz CT molecular complexity index is 603. The Morgan fingerprint density at radius 1 is 1.44 bits per heavy atom. The number of methoxy groups -OCH3 is 1. The van der Waals surface area contributed by atoms with Crippen molar-refractivity contribution in [2.45, 2.75) is 57.7 Å². The third-order valence-corrected chi connectivity index (χ3v) is 5.54. The molecule has 6 nitrogen and oxygen atoms in total. The Morgan fingerprint density at radius 3 is 2.80 bits per heavy atom. The van der Waals surface area contributed by atoms with Crippen molar-refractivity contribution in [3.63, 3.8) is 0 Å². The topological polar surface area (TPSA) is 56.6 Å². The van der Waals surface area contributed by atoms with Gasteiger partial charge in [0.1, 0.15) is 5.69 Å². The summed E-state index contributed by atoms with van der Waals surface area (Å²) in [6.07, 6.45) is 4.82. The molecule has 3 heterocycles. The highest BCUT2D eigenvalue weighted by molar-refractivity contribution is 5.92. The van der Waals surface area contributed by atoms with Gasteiger partial charge in [-0.2, -0.15) is 5.10 Å². The molecule has 0 radical (unpaired) electrons. The van der Waals surface area contributed by atoms with E-state index in [4.69, 9.17) is 9.47 Å². The highest BCUT2D eigenvalue weighted by Gasteiger charge is 2.45. The number of amides is 1. The zero-order valence-electron chi connectivity index (χ0n) is 16.0. The lowest BCUT2D eigenvalue weighted by atomic mass is 9.82. The highest BCUT2D eigenvalue weighted by atomic mass is 16.5. The Morgan fingerprint density at radius 2 is 2.16 bits per heavy atom. The summed E-state index contributed by atoms with van der Waals surface area (Å²) in [5, 5.41) is 4.50. The van der Waals surface area contributed by atoms with Crippen molar-refractivity contribution in [2.24, 2.45) is 13.0 Å². The van der Waals surface area contributed by atoms with Gasteiger partial charge < -0.3 is 14.4 Å². The van der Waals surface area contributed by atoms with Gasteiger partial charge in [-0.25, -0.2) is 0 Å². The maximum absolute atomic E-state index is 12.9. The monoisotopic (exact) mass is 349 g/mol. The molecule has 1 spiro atoms. The van der Waals surface area contributed by atoms with E-state index in [9.17, 15) is 4.79 Å². The molecular formula is C19H31N3O3. The lowest BCUT2D eigenvalue weighted by Gasteiger charge is -2.47. The Hall–Kier alpha value is -1.40. The largest absolute Gasteiger partial charge is 0.378 e. The van der Waals surface area contributed by atoms with Gasteiger partial charge in [0.15, 0.2) is 0 Å². The second-order valence-electron chi connectivity index (χ2n) is 7.81. The molecule has 0 aromatic carbocycles. The molecule has 0 saturated carbocycles. The number of carbonyl (C=O) groups excluding carboxylic acids is 1. The minimum atomic E-state index is -0.209. The Labute approximate surface area is 150 Å². The van der Waals surface area contributed by atoms with Crippen LogP contribution >= 0.6 is 0 Å². The molecule has 1 aromatic rings. The van der Waals surface area contributed by atoms with Crippen LogP contribution in [0.25, 0.3) is 0 Å². The van der Waals surface area contributed by atoms with Crippen LogP contribution < -0.4 is 0 Å². The molecule has 2 fully saturated rings. The number of carbonyl (C=O) groups is 1. The van der Waals surface area contributed by atoms with E-state index in [1.807, 2.05) is 18.0 Å². The van der Waals surface area contributed by atoms with Crippen LogP contribution in [0.15, 0.2) is 6.07 Å². The molecule has 3 rings (SSSR count). The zero-order chi connectivity index (χ0) is 18.0. The maximum Gasteiger partial charge on any atom is 0.272 e. The Kier molecular flexibility index (Phi) is 5.49. The third-order valence-electron chi connectivity index (χ3n) is 5.54. The number of piperidine rings is 1. The lowest BCUT2D eigenvalue weighted by Crippen LogP contribution is -2.56. The summed E-state index contributed by atoms with van der Waals surface area (Å²) in [4.78, 5) is 14.9. The lowest BCUT2D eigenvalue weighted by molar-refractivity contribution is -0.183. The summed E-state index contributed by atoms with van der Waals surface area (Å²) in [7, 11) is 3.62. The third kappa shape index (κ3) is 3.75. The standard InChI is InChI=1S/C19H31N3O3/c1-14(2)12-15-13-16(21(3)20-15)18(23)22-9-7-19(8-10-22)17(24-4)6-5-11-25-19/h13-14,17H,5-12H2,1-4H3/t17-/m1/s1. The summed E-state index contributed by atoms with van der Waals surface area (Å²) in [5.74, 6) is 0.603. The number of rotatable bonds is 4. The van der Waals surface area contributed by atoms with Crippen LogP contribution in [0.3, 0.4) is 0 Å². The molecule has 25 heavy (non-hydrogen) atoms. The molecule has 2 saturated heterocycles. The molecule has 1 amide bonds. The first-order valence-electron chi connectivity index (χ1n) is 9.44. The normalized spacial score (nSPS) is 23.4. The quantitative estimate of drug-likeness (QED) is 0.838. The summed E-state index contributed by atoms with van der Waals surface area (Å²) in [6, 6.07) is 1.95. The predicted octanol–water partition coefficient (Wildman–Crippen LogP) is 2.42. The number of aromatic nitrogens is 2. The molecule has 6 heteroatoms. The second kappa shape index (κ2) is 7.46. The van der Waals surface area contributed by atoms with Crippen LogP contribution in [0.2, 0.25) is 0 Å². The predicted molar refractivity (Wildman–Crippen MR) is 95.6 cm³/mol. The van der Waals surface area contributed by atoms with Crippen molar-refractivity contribution >= 4 is 5.91 Å². The number of aryl methyl sites for hydroxylation is 1. The van der Waals surface area contributed by atoms with Crippen molar-refractivity contribution in [1.29, 1.82) is 0 Å². The summed E-state index contributed by atoms with van der Waals surface area (Å²) >= 11 is 0. The average Bonchev–Trinajstić information content (AvgIpc) is 2.95. The smallest absolute Gasteiger partial charge is 0.272 e. The van der Waals surface area contributed by atoms with E-state index in [2.05, 4.69) is 18.9 Å². The molecule has 0 bridgehead atoms. The maximum atomic E-state index is 12.9. The van der Waals surface area contributed by atoms with Gasteiger partial charge in [0, 0.05) is 33.9 Å². The minimum Gasteiger partial charge on any atom is -0.378 e. The number of hydrogen-bond acceptors (Lipinski definition) is 4. The van der Waals surface area contributed by atoms with Gasteiger partial charge in [-0.1, -0.05) is 13.8 Å². The minimum absolute atomic E-state index is 0.0737. The van der Waals surface area contributed by atoms with Crippen LogP contribution in [-0.2, 0) is 22.9 Å². The zero-order valence-corrected chi connectivity index (χ0v) is 16.0. The van der Waals surface area contributed by atoms with Gasteiger partial charge in [-0.05, 0) is 44.1 Å². The van der Waals surface area contributed by atoms with Crippen molar-refractivity contribution in [2.75, 3.05) is 26.8 Å². The van der Waals surface area contributed by atoms with Crippen molar-refractivity contribution in [3.8, 4) is 0 Å². The van der Waals surface area contributed by atoms with Crippen LogP contribution in [0.4, 0.5) is 0 Å². The SMILES string of the molecule is CO[C@@H]1CCCOC12CCN(C(=O)c1cc(CC(C)C)nn1C)CC2. The summed E-state index contributed by atoms with van der Waals surface area (Å²) < 4.78 is 13.5. The van der Waals surface area contributed by atoms with Gasteiger partial charge >= 0.3 is 0 Å². The van der Waals surface area contributed by atoms with E-state index in [0.717, 1.165) is 44.4 Å². The molecule has 140 valence electrons. The number of nitrogens with zero attached hydrogens (tertiary/aromatic N) is 3. The van der Waals surface area contributed by atoms with Gasteiger partial charge in [0.25, 0.3) is 5.91 Å². The first kappa shape index (κ1) is 18.4. The molecular weight excluding hydrogens is 318 g/mol. The van der Waals surface area contributed by atoms with Gasteiger partial charge in [0.05, 0.1) is 17.4 Å². The van der Waals surface area contributed by atoms with Crippen LogP contribution in [0.5, 0.6) is 0 Å². The van der Waals surface area contributed by atoms with Crippen LogP contribution in [0, 0.1) is 5.92 Å². The van der Waals surface area contributed by atoms with E-state index < -0.39 is 0 Å². The number of likely N-dealkylation sites (tertiary alicyclic amines) is 1. The van der Waals surface area contributed by atoms with Gasteiger partial charge in [-0.3, -0.25) is 9.48 Å². The fourth-order valence-corrected chi connectivity index (χ4v) is 4.19. The average molecular weight is 349 g/mol. The molecule has 1 aromatic heterocycles. The molecule has 0 unspecified atom stereocenters. The molecule has 2 aliphatic heterocycles. The molecule has 2 aliphatic rings. The van der Waals surface area contributed by atoms with Crippen molar-refractivity contribution < 1.29 is 14.3 Å². The molecule has 0 N–H and O–H groups in total. The fourth-order valence-electron chi connectivity index (χ4n) is 4.19. The van der Waals surface area contributed by atoms with E-state index >= 15 is 0 Å². The van der Waals surface area contributed by atoms with Crippen molar-refractivity contribution in [1.82, 2.24) is 14.7 Å². The van der Waals surface area contributed by atoms with Crippen LogP contribution in [-0.4, -0.2) is 59.1 Å². The summed E-state index contributed by atoms with van der Waals surface area (Å²) in [5.41, 5.74) is 1.46. The van der Waals surface area contributed by atoms with Gasteiger partial charge in [0.2, 0.25) is 0 Å². The van der Waals surface area contributed by atoms with E-state index in [1.54, 1.807) is 11.8 Å². The van der Waals surface area contributed by atoms with Crippen LogP contribution in [0.1, 0.15) is 55.7 Å².